The summed E-state index contributed by atoms with van der Waals surface area (Å²) in [6, 6.07) is 8.90. The van der Waals surface area contributed by atoms with E-state index in [1.165, 1.54) is 0 Å². The van der Waals surface area contributed by atoms with Crippen molar-refractivity contribution >= 4 is 17.5 Å². The SMILES string of the molecule is CCCO[C@H]1OC[C@@H](O)[C@H](O)[C@H]1OC(=S)Oc1ccccc1. The van der Waals surface area contributed by atoms with E-state index in [0.29, 0.717) is 12.4 Å². The standard InChI is InChI=1S/C15H20O6S/c1-2-8-18-14-13(12(17)11(16)9-19-14)21-15(22)20-10-6-4-3-5-7-10/h3-7,11-14,16-17H,2,8-9H2,1H3/t11-,12+,13-,14+/m1/s1. The van der Waals surface area contributed by atoms with Crippen LogP contribution in [0.4, 0.5) is 0 Å². The van der Waals surface area contributed by atoms with Crippen LogP contribution in [0.15, 0.2) is 30.3 Å². The highest BCUT2D eigenvalue weighted by Crippen LogP contribution is 2.21. The molecule has 0 amide bonds. The van der Waals surface area contributed by atoms with Crippen LogP contribution < -0.4 is 4.74 Å². The molecule has 6 nitrogen and oxygen atoms in total. The van der Waals surface area contributed by atoms with Crippen LogP contribution in [-0.2, 0) is 14.2 Å². The van der Waals surface area contributed by atoms with Crippen molar-refractivity contribution in [3.05, 3.63) is 30.3 Å². The monoisotopic (exact) mass is 328 g/mol. The number of benzene rings is 1. The molecule has 0 aromatic heterocycles. The summed E-state index contributed by atoms with van der Waals surface area (Å²) in [7, 11) is 0. The minimum Gasteiger partial charge on any atom is -0.445 e. The maximum atomic E-state index is 10.1. The van der Waals surface area contributed by atoms with Gasteiger partial charge in [-0.05, 0) is 18.6 Å². The zero-order valence-corrected chi connectivity index (χ0v) is 13.1. The van der Waals surface area contributed by atoms with Crippen molar-refractivity contribution in [1.82, 2.24) is 0 Å². The Morgan fingerprint density at radius 2 is 2.05 bits per heavy atom. The van der Waals surface area contributed by atoms with E-state index in [1.54, 1.807) is 24.3 Å². The second kappa shape index (κ2) is 8.40. The van der Waals surface area contributed by atoms with Gasteiger partial charge in [0.25, 0.3) is 0 Å². The molecule has 4 atom stereocenters. The van der Waals surface area contributed by atoms with E-state index in [2.05, 4.69) is 0 Å². The van der Waals surface area contributed by atoms with Gasteiger partial charge in [0, 0.05) is 18.8 Å². The molecular formula is C15H20O6S. The first-order valence-electron chi connectivity index (χ1n) is 7.14. The van der Waals surface area contributed by atoms with E-state index in [1.807, 2.05) is 13.0 Å². The quantitative estimate of drug-likeness (QED) is 0.788. The summed E-state index contributed by atoms with van der Waals surface area (Å²) < 4.78 is 21.6. The van der Waals surface area contributed by atoms with E-state index in [4.69, 9.17) is 31.2 Å². The summed E-state index contributed by atoms with van der Waals surface area (Å²) in [4.78, 5) is 0. The summed E-state index contributed by atoms with van der Waals surface area (Å²) in [5, 5.41) is 19.6. The Kier molecular flexibility index (Phi) is 6.53. The van der Waals surface area contributed by atoms with Crippen molar-refractivity contribution in [2.75, 3.05) is 13.2 Å². The van der Waals surface area contributed by atoms with E-state index in [9.17, 15) is 10.2 Å². The Hall–Kier alpha value is -1.25. The second-order valence-corrected chi connectivity index (χ2v) is 5.21. The Morgan fingerprint density at radius 1 is 1.32 bits per heavy atom. The lowest BCUT2D eigenvalue weighted by Crippen LogP contribution is -2.55. The zero-order chi connectivity index (χ0) is 15.9. The number of aliphatic hydroxyl groups is 2. The van der Waals surface area contributed by atoms with Gasteiger partial charge < -0.3 is 29.2 Å². The topological polar surface area (TPSA) is 77.4 Å². The molecular weight excluding hydrogens is 308 g/mol. The molecule has 122 valence electrons. The van der Waals surface area contributed by atoms with Gasteiger partial charge in [0.15, 0.2) is 12.4 Å². The first kappa shape index (κ1) is 17.1. The van der Waals surface area contributed by atoms with E-state index < -0.39 is 24.6 Å². The molecule has 2 N–H and O–H groups in total. The number of para-hydroxylation sites is 1. The third kappa shape index (κ3) is 4.62. The third-order valence-electron chi connectivity index (χ3n) is 3.09. The summed E-state index contributed by atoms with van der Waals surface area (Å²) in [5.74, 6) is 0.519. The number of ether oxygens (including phenoxy) is 4. The molecule has 0 unspecified atom stereocenters. The van der Waals surface area contributed by atoms with Gasteiger partial charge in [-0.3, -0.25) is 0 Å². The Morgan fingerprint density at radius 3 is 2.73 bits per heavy atom. The van der Waals surface area contributed by atoms with E-state index >= 15 is 0 Å². The smallest absolute Gasteiger partial charge is 0.358 e. The average Bonchev–Trinajstić information content (AvgIpc) is 2.52. The highest BCUT2D eigenvalue weighted by atomic mass is 32.1. The van der Waals surface area contributed by atoms with Crippen molar-refractivity contribution in [2.24, 2.45) is 0 Å². The lowest BCUT2D eigenvalue weighted by atomic mass is 10.1. The lowest BCUT2D eigenvalue weighted by molar-refractivity contribution is -0.267. The largest absolute Gasteiger partial charge is 0.445 e. The highest BCUT2D eigenvalue weighted by molar-refractivity contribution is 7.79. The minimum atomic E-state index is -1.17. The number of thiocarbonyl (C=S) groups is 1. The molecule has 0 bridgehead atoms. The number of hydrogen-bond acceptors (Lipinski definition) is 7. The summed E-state index contributed by atoms with van der Waals surface area (Å²) >= 11 is 5.03. The lowest BCUT2D eigenvalue weighted by Gasteiger charge is -2.37. The molecule has 0 radical (unpaired) electrons. The van der Waals surface area contributed by atoms with Gasteiger partial charge in [0.05, 0.1) is 6.61 Å². The molecule has 2 rings (SSSR count). The normalized spacial score (nSPS) is 28.1. The van der Waals surface area contributed by atoms with Crippen molar-refractivity contribution in [1.29, 1.82) is 0 Å². The van der Waals surface area contributed by atoms with E-state index in [0.717, 1.165) is 6.42 Å². The maximum absolute atomic E-state index is 10.1. The molecule has 7 heteroatoms. The Labute approximate surface area is 134 Å². The predicted octanol–water partition coefficient (Wildman–Crippen LogP) is 1.24. The first-order valence-corrected chi connectivity index (χ1v) is 7.55. The van der Waals surface area contributed by atoms with Crippen LogP contribution in [0.5, 0.6) is 5.75 Å². The van der Waals surface area contributed by atoms with Crippen molar-refractivity contribution < 1.29 is 29.2 Å². The third-order valence-corrected chi connectivity index (χ3v) is 3.27. The molecule has 1 saturated heterocycles. The summed E-state index contributed by atoms with van der Waals surface area (Å²) in [5.41, 5.74) is 0. The Balaban J connectivity index is 1.97. The van der Waals surface area contributed by atoms with Gasteiger partial charge in [-0.15, -0.1) is 0 Å². The molecule has 22 heavy (non-hydrogen) atoms. The van der Waals surface area contributed by atoms with Crippen molar-refractivity contribution in [3.8, 4) is 5.75 Å². The van der Waals surface area contributed by atoms with Gasteiger partial charge in [-0.25, -0.2) is 0 Å². The number of hydrogen-bond donors (Lipinski definition) is 2. The second-order valence-electron chi connectivity index (χ2n) is 4.88. The molecule has 1 aliphatic heterocycles. The van der Waals surface area contributed by atoms with Crippen LogP contribution >= 0.6 is 12.2 Å². The molecule has 0 spiro atoms. The fourth-order valence-corrected chi connectivity index (χ4v) is 2.20. The van der Waals surface area contributed by atoms with Crippen LogP contribution in [0.2, 0.25) is 0 Å². The van der Waals surface area contributed by atoms with Gasteiger partial charge in [0.1, 0.15) is 18.0 Å². The molecule has 1 aromatic carbocycles. The molecule has 1 heterocycles. The van der Waals surface area contributed by atoms with Crippen LogP contribution in [-0.4, -0.2) is 53.3 Å². The molecule has 1 aliphatic rings. The number of rotatable bonds is 5. The summed E-state index contributed by atoms with van der Waals surface area (Å²) in [6.07, 6.45) is -3.21. The molecule has 0 saturated carbocycles. The van der Waals surface area contributed by atoms with Crippen LogP contribution in [0.3, 0.4) is 0 Å². The first-order chi connectivity index (χ1) is 10.6. The Bertz CT molecular complexity index is 466. The van der Waals surface area contributed by atoms with Crippen LogP contribution in [0.1, 0.15) is 13.3 Å². The van der Waals surface area contributed by atoms with Gasteiger partial charge in [0.2, 0.25) is 0 Å². The molecule has 0 aliphatic carbocycles. The molecule has 1 aromatic rings. The van der Waals surface area contributed by atoms with E-state index in [-0.39, 0.29) is 11.8 Å². The van der Waals surface area contributed by atoms with Gasteiger partial charge in [-0.2, -0.15) is 0 Å². The van der Waals surface area contributed by atoms with Crippen molar-refractivity contribution in [2.45, 2.75) is 37.9 Å². The van der Waals surface area contributed by atoms with Crippen LogP contribution in [0.25, 0.3) is 0 Å². The summed E-state index contributed by atoms with van der Waals surface area (Å²) in [6.45, 7) is 2.37. The van der Waals surface area contributed by atoms with Gasteiger partial charge in [-0.1, -0.05) is 25.1 Å². The highest BCUT2D eigenvalue weighted by Gasteiger charge is 2.42. The predicted molar refractivity (Wildman–Crippen MR) is 82.5 cm³/mol. The zero-order valence-electron chi connectivity index (χ0n) is 12.3. The fourth-order valence-electron chi connectivity index (χ4n) is 1.99. The average molecular weight is 328 g/mol. The van der Waals surface area contributed by atoms with Crippen LogP contribution in [0, 0.1) is 0 Å². The fraction of sp³-hybridized carbons (Fsp3) is 0.533. The van der Waals surface area contributed by atoms with Gasteiger partial charge >= 0.3 is 5.24 Å². The van der Waals surface area contributed by atoms with Crippen molar-refractivity contribution in [3.63, 3.8) is 0 Å². The minimum absolute atomic E-state index is 0.0261. The molecule has 1 fully saturated rings. The number of aliphatic hydroxyl groups excluding tert-OH is 2. The maximum Gasteiger partial charge on any atom is 0.358 e.